The average molecular weight is 375 g/mol. The van der Waals surface area contributed by atoms with Crippen molar-refractivity contribution in [3.63, 3.8) is 0 Å². The van der Waals surface area contributed by atoms with Crippen molar-refractivity contribution in [3.05, 3.63) is 83.2 Å². The van der Waals surface area contributed by atoms with Gasteiger partial charge >= 0.3 is 5.97 Å². The monoisotopic (exact) mass is 375 g/mol. The van der Waals surface area contributed by atoms with E-state index >= 15 is 0 Å². The number of aromatic nitrogens is 2. The van der Waals surface area contributed by atoms with E-state index in [2.05, 4.69) is 9.97 Å². The van der Waals surface area contributed by atoms with E-state index in [0.717, 1.165) is 10.9 Å². The molecular formula is C21H17N3O4. The second-order valence-electron chi connectivity index (χ2n) is 6.41. The molecule has 2 aromatic heterocycles. The van der Waals surface area contributed by atoms with E-state index in [1.807, 2.05) is 36.4 Å². The number of carboxylic acids is 1. The fourth-order valence-corrected chi connectivity index (χ4v) is 3.14. The molecule has 0 aliphatic carbocycles. The molecule has 0 saturated carbocycles. The Hall–Kier alpha value is -3.87. The number of nitrogens with zero attached hydrogens (tertiary/aromatic N) is 2. The number of carbonyl (C=O) groups excluding carboxylic acids is 1. The fourth-order valence-electron chi connectivity index (χ4n) is 3.14. The maximum atomic E-state index is 12.7. The third kappa shape index (κ3) is 3.14. The van der Waals surface area contributed by atoms with Crippen molar-refractivity contribution in [2.75, 3.05) is 7.05 Å². The maximum Gasteiger partial charge on any atom is 0.345 e. The average Bonchev–Trinajstić information content (AvgIpc) is 3.24. The van der Waals surface area contributed by atoms with Crippen LogP contribution in [0.4, 0.5) is 0 Å². The number of ketones is 1. The van der Waals surface area contributed by atoms with Gasteiger partial charge in [0.2, 0.25) is 11.7 Å². The number of hydrogen-bond donors (Lipinski definition) is 2. The van der Waals surface area contributed by atoms with Gasteiger partial charge in [0, 0.05) is 36.9 Å². The lowest BCUT2D eigenvalue weighted by molar-refractivity contribution is -0.134. The second kappa shape index (κ2) is 7.03. The number of benzene rings is 1. The molecule has 140 valence electrons. The van der Waals surface area contributed by atoms with Gasteiger partial charge in [-0.05, 0) is 23.8 Å². The minimum Gasteiger partial charge on any atom is -0.477 e. The van der Waals surface area contributed by atoms with Crippen molar-refractivity contribution in [1.82, 2.24) is 14.9 Å². The molecule has 2 N–H and O–H groups in total. The Morgan fingerprint density at radius 1 is 1.25 bits per heavy atom. The molecule has 1 aliphatic heterocycles. The number of pyridine rings is 1. The first-order valence-corrected chi connectivity index (χ1v) is 8.63. The summed E-state index contributed by atoms with van der Waals surface area (Å²) in [5, 5.41) is 10.4. The predicted octanol–water partition coefficient (Wildman–Crippen LogP) is 2.93. The van der Waals surface area contributed by atoms with Crippen LogP contribution in [0.3, 0.4) is 0 Å². The van der Waals surface area contributed by atoms with E-state index in [9.17, 15) is 14.7 Å². The van der Waals surface area contributed by atoms with Gasteiger partial charge in [0.1, 0.15) is 5.65 Å². The number of allylic oxidation sites excluding steroid dienone is 1. The maximum absolute atomic E-state index is 12.7. The van der Waals surface area contributed by atoms with Crippen LogP contribution in [-0.4, -0.2) is 38.8 Å². The lowest BCUT2D eigenvalue weighted by atomic mass is 10.1. The first-order chi connectivity index (χ1) is 13.5. The zero-order valence-electron chi connectivity index (χ0n) is 15.0. The van der Waals surface area contributed by atoms with Crippen LogP contribution < -0.4 is 0 Å². The van der Waals surface area contributed by atoms with Crippen LogP contribution in [0.25, 0.3) is 17.1 Å². The Kier molecular flexibility index (Phi) is 4.41. The number of ether oxygens (including phenoxy) is 1. The zero-order valence-corrected chi connectivity index (χ0v) is 15.0. The SMILES string of the molecule is CN(Cc1ccccc1)C1=C(C(=O)O)C(=O)/C(=C/c2c[nH]c3ncccc23)O1. The number of aliphatic carboxylic acids is 1. The van der Waals surface area contributed by atoms with E-state index in [4.69, 9.17) is 4.74 Å². The summed E-state index contributed by atoms with van der Waals surface area (Å²) in [5.74, 6) is -1.97. The Morgan fingerprint density at radius 2 is 2.04 bits per heavy atom. The molecule has 1 aromatic carbocycles. The van der Waals surface area contributed by atoms with E-state index in [-0.39, 0.29) is 17.2 Å². The topological polar surface area (TPSA) is 95.5 Å². The molecule has 7 nitrogen and oxygen atoms in total. The molecule has 0 radical (unpaired) electrons. The molecule has 0 spiro atoms. The van der Waals surface area contributed by atoms with Crippen molar-refractivity contribution in [1.29, 1.82) is 0 Å². The van der Waals surface area contributed by atoms with Gasteiger partial charge in [0.05, 0.1) is 0 Å². The van der Waals surface area contributed by atoms with Crippen LogP contribution >= 0.6 is 0 Å². The highest BCUT2D eigenvalue weighted by Gasteiger charge is 2.37. The van der Waals surface area contributed by atoms with Gasteiger partial charge in [-0.3, -0.25) is 4.79 Å². The van der Waals surface area contributed by atoms with Gasteiger partial charge in [-0.15, -0.1) is 0 Å². The van der Waals surface area contributed by atoms with Crippen molar-refractivity contribution in [2.24, 2.45) is 0 Å². The van der Waals surface area contributed by atoms with E-state index in [1.54, 1.807) is 30.4 Å². The molecule has 3 aromatic rings. The standard InChI is InChI=1S/C21H17N3O4/c1-24(12-13-6-3-2-4-7-13)20-17(21(26)27)18(25)16(28-20)10-14-11-23-19-15(14)8-5-9-22-19/h2-11H,12H2,1H3,(H,22,23)(H,26,27)/b16-10-. The van der Waals surface area contributed by atoms with Gasteiger partial charge in [0.25, 0.3) is 0 Å². The Morgan fingerprint density at radius 3 is 2.79 bits per heavy atom. The fraction of sp³-hybridized carbons (Fsp3) is 0.0952. The van der Waals surface area contributed by atoms with Gasteiger partial charge < -0.3 is 19.7 Å². The number of aromatic amines is 1. The van der Waals surface area contributed by atoms with Gasteiger partial charge in [-0.2, -0.15) is 0 Å². The summed E-state index contributed by atoms with van der Waals surface area (Å²) in [6.45, 7) is 0.407. The molecule has 28 heavy (non-hydrogen) atoms. The first kappa shape index (κ1) is 17.5. The molecule has 0 saturated heterocycles. The van der Waals surface area contributed by atoms with E-state index in [1.165, 1.54) is 6.08 Å². The number of fused-ring (bicyclic) bond motifs is 1. The summed E-state index contributed by atoms with van der Waals surface area (Å²) in [6, 6.07) is 13.2. The van der Waals surface area contributed by atoms with Crippen molar-refractivity contribution < 1.29 is 19.4 Å². The van der Waals surface area contributed by atoms with Crippen LogP contribution in [0.2, 0.25) is 0 Å². The Balaban J connectivity index is 1.67. The highest BCUT2D eigenvalue weighted by atomic mass is 16.5. The van der Waals surface area contributed by atoms with Crippen molar-refractivity contribution in [2.45, 2.75) is 6.54 Å². The van der Waals surface area contributed by atoms with Crippen LogP contribution in [0, 0.1) is 0 Å². The molecule has 1 aliphatic rings. The lowest BCUT2D eigenvalue weighted by Crippen LogP contribution is -2.20. The predicted molar refractivity (Wildman–Crippen MR) is 103 cm³/mol. The quantitative estimate of drug-likeness (QED) is 0.526. The minimum atomic E-state index is -1.32. The summed E-state index contributed by atoms with van der Waals surface area (Å²) in [4.78, 5) is 33.2. The van der Waals surface area contributed by atoms with Crippen LogP contribution in [0.15, 0.2) is 72.1 Å². The number of carbonyl (C=O) groups is 2. The minimum absolute atomic E-state index is 0.0305. The molecule has 0 fully saturated rings. The second-order valence-corrected chi connectivity index (χ2v) is 6.41. The summed E-state index contributed by atoms with van der Waals surface area (Å²) < 4.78 is 5.71. The van der Waals surface area contributed by atoms with E-state index < -0.39 is 11.8 Å². The normalized spacial score (nSPS) is 15.3. The molecule has 0 amide bonds. The largest absolute Gasteiger partial charge is 0.477 e. The van der Waals surface area contributed by atoms with Gasteiger partial charge in [-0.1, -0.05) is 30.3 Å². The third-order valence-corrected chi connectivity index (χ3v) is 4.46. The Bertz CT molecular complexity index is 1130. The van der Waals surface area contributed by atoms with Crippen molar-refractivity contribution >= 4 is 28.9 Å². The molecule has 4 rings (SSSR count). The molecule has 0 atom stereocenters. The summed E-state index contributed by atoms with van der Waals surface area (Å²) in [6.07, 6.45) is 4.90. The summed E-state index contributed by atoms with van der Waals surface area (Å²) in [7, 11) is 1.69. The summed E-state index contributed by atoms with van der Waals surface area (Å²) in [5.41, 5.74) is 1.97. The highest BCUT2D eigenvalue weighted by molar-refractivity contribution is 6.26. The Labute approximate surface area is 160 Å². The highest BCUT2D eigenvalue weighted by Crippen LogP contribution is 2.30. The summed E-state index contributed by atoms with van der Waals surface area (Å²) >= 11 is 0. The number of nitrogens with one attached hydrogen (secondary N) is 1. The lowest BCUT2D eigenvalue weighted by Gasteiger charge is -2.20. The number of carboxylic acid groups (broad SMARTS) is 1. The molecular weight excluding hydrogens is 358 g/mol. The number of Topliss-reactive ketones (excluding diaryl/α,β-unsaturated/α-hetero) is 1. The van der Waals surface area contributed by atoms with Crippen molar-refractivity contribution in [3.8, 4) is 0 Å². The van der Waals surface area contributed by atoms with Gasteiger partial charge in [-0.25, -0.2) is 9.78 Å². The van der Waals surface area contributed by atoms with Crippen LogP contribution in [0.5, 0.6) is 0 Å². The van der Waals surface area contributed by atoms with Crippen LogP contribution in [-0.2, 0) is 20.9 Å². The molecule has 3 heterocycles. The first-order valence-electron chi connectivity index (χ1n) is 8.63. The number of hydrogen-bond acceptors (Lipinski definition) is 5. The number of rotatable bonds is 5. The smallest absolute Gasteiger partial charge is 0.345 e. The molecule has 7 heteroatoms. The van der Waals surface area contributed by atoms with Crippen LogP contribution in [0.1, 0.15) is 11.1 Å². The number of H-pyrrole nitrogens is 1. The van der Waals surface area contributed by atoms with Gasteiger partial charge in [0.15, 0.2) is 11.3 Å². The molecule has 0 bridgehead atoms. The third-order valence-electron chi connectivity index (χ3n) is 4.46. The van der Waals surface area contributed by atoms with E-state index in [0.29, 0.717) is 17.8 Å². The zero-order chi connectivity index (χ0) is 19.7. The molecule has 0 unspecified atom stereocenters.